The largest absolute Gasteiger partial charge is 0.359 e. The number of nitrogens with zero attached hydrogens (tertiary/aromatic N) is 2. The van der Waals surface area contributed by atoms with Crippen molar-refractivity contribution in [2.24, 2.45) is 5.92 Å². The second kappa shape index (κ2) is 7.75. The van der Waals surface area contributed by atoms with E-state index in [1.165, 1.54) is 55.6 Å². The van der Waals surface area contributed by atoms with Crippen LogP contribution in [0.15, 0.2) is 18.2 Å². The zero-order valence-corrected chi connectivity index (χ0v) is 17.5. The summed E-state index contributed by atoms with van der Waals surface area (Å²) in [6.07, 6.45) is 8.54. The molecular formula is C24H33N3O2. The first-order valence-corrected chi connectivity index (χ1v) is 11.6. The van der Waals surface area contributed by atoms with Crippen LogP contribution in [0, 0.1) is 5.92 Å². The van der Waals surface area contributed by atoms with Gasteiger partial charge in [0, 0.05) is 24.7 Å². The van der Waals surface area contributed by atoms with E-state index in [0.29, 0.717) is 18.8 Å². The van der Waals surface area contributed by atoms with Gasteiger partial charge in [-0.05, 0) is 87.1 Å². The zero-order chi connectivity index (χ0) is 20.0. The average molecular weight is 396 g/mol. The maximum Gasteiger partial charge on any atom is 0.249 e. The molecule has 5 heteroatoms. The minimum Gasteiger partial charge on any atom is -0.359 e. The molecule has 0 spiro atoms. The first-order valence-electron chi connectivity index (χ1n) is 11.6. The number of benzene rings is 1. The molecule has 29 heavy (non-hydrogen) atoms. The molecule has 0 radical (unpaired) electrons. The van der Waals surface area contributed by atoms with Gasteiger partial charge in [0.1, 0.15) is 6.04 Å². The summed E-state index contributed by atoms with van der Waals surface area (Å²) in [7, 11) is 0. The van der Waals surface area contributed by atoms with Crippen LogP contribution in [0.5, 0.6) is 0 Å². The lowest BCUT2D eigenvalue weighted by molar-refractivity contribution is -0.134. The number of anilines is 1. The predicted octanol–water partition coefficient (Wildman–Crippen LogP) is 3.22. The van der Waals surface area contributed by atoms with Crippen molar-refractivity contribution >= 4 is 17.5 Å². The van der Waals surface area contributed by atoms with Crippen molar-refractivity contribution in [3.8, 4) is 0 Å². The Labute approximate surface area is 173 Å². The molecule has 1 aromatic carbocycles. The van der Waals surface area contributed by atoms with Crippen LogP contribution < -0.4 is 10.2 Å². The molecule has 3 fully saturated rings. The van der Waals surface area contributed by atoms with Crippen LogP contribution in [-0.2, 0) is 16.0 Å². The third-order valence-electron chi connectivity index (χ3n) is 7.92. The fourth-order valence-electron chi connectivity index (χ4n) is 6.10. The Morgan fingerprint density at radius 3 is 2.48 bits per heavy atom. The molecule has 3 unspecified atom stereocenters. The maximum atomic E-state index is 12.5. The van der Waals surface area contributed by atoms with Crippen LogP contribution in [0.25, 0.3) is 0 Å². The van der Waals surface area contributed by atoms with E-state index in [-0.39, 0.29) is 17.9 Å². The highest BCUT2D eigenvalue weighted by Gasteiger charge is 2.37. The van der Waals surface area contributed by atoms with Crippen LogP contribution in [-0.4, -0.2) is 48.4 Å². The van der Waals surface area contributed by atoms with Gasteiger partial charge < -0.3 is 9.80 Å². The first-order chi connectivity index (χ1) is 14.1. The van der Waals surface area contributed by atoms with Gasteiger partial charge in [-0.25, -0.2) is 0 Å². The average Bonchev–Trinajstić information content (AvgIpc) is 2.73. The van der Waals surface area contributed by atoms with E-state index in [1.54, 1.807) is 0 Å². The second-order valence-corrected chi connectivity index (χ2v) is 9.54. The van der Waals surface area contributed by atoms with Gasteiger partial charge in [0.05, 0.1) is 0 Å². The van der Waals surface area contributed by atoms with Gasteiger partial charge in [-0.2, -0.15) is 0 Å². The minimum absolute atomic E-state index is 0.123. The van der Waals surface area contributed by atoms with Gasteiger partial charge in [-0.3, -0.25) is 14.9 Å². The highest BCUT2D eigenvalue weighted by Crippen LogP contribution is 2.41. The number of carbonyl (C=O) groups excluding carboxylic acids is 2. The standard InChI is InChI=1S/C24H33N3O2/c1-16-7-8-20(16)26-14-11-17(12-15-26)18-4-2-6-21-19(18)5-3-13-27(21)22-9-10-23(28)25-24(22)29/h2,4,6,16-17,20,22H,3,5,7-15H2,1H3,(H,25,28,29). The quantitative estimate of drug-likeness (QED) is 0.799. The Kier molecular flexibility index (Phi) is 5.10. The van der Waals surface area contributed by atoms with E-state index < -0.39 is 0 Å². The third-order valence-corrected chi connectivity index (χ3v) is 7.92. The Balaban J connectivity index is 1.34. The molecule has 156 valence electrons. The lowest BCUT2D eigenvalue weighted by Gasteiger charge is -2.46. The number of nitrogens with one attached hydrogen (secondary N) is 1. The molecule has 0 bridgehead atoms. The van der Waals surface area contributed by atoms with Gasteiger partial charge in [0.15, 0.2) is 0 Å². The monoisotopic (exact) mass is 395 g/mol. The van der Waals surface area contributed by atoms with E-state index in [4.69, 9.17) is 0 Å². The van der Waals surface area contributed by atoms with Crippen molar-refractivity contribution < 1.29 is 9.59 Å². The Morgan fingerprint density at radius 2 is 1.79 bits per heavy atom. The van der Waals surface area contributed by atoms with Crippen molar-refractivity contribution in [2.75, 3.05) is 24.5 Å². The van der Waals surface area contributed by atoms with Crippen molar-refractivity contribution in [1.82, 2.24) is 10.2 Å². The second-order valence-electron chi connectivity index (χ2n) is 9.54. The summed E-state index contributed by atoms with van der Waals surface area (Å²) >= 11 is 0. The van der Waals surface area contributed by atoms with E-state index in [0.717, 1.165) is 31.3 Å². The smallest absolute Gasteiger partial charge is 0.249 e. The number of fused-ring (bicyclic) bond motifs is 1. The topological polar surface area (TPSA) is 52.6 Å². The number of piperidine rings is 2. The van der Waals surface area contributed by atoms with Gasteiger partial charge in [0.2, 0.25) is 11.8 Å². The van der Waals surface area contributed by atoms with Crippen LogP contribution in [0.4, 0.5) is 5.69 Å². The SMILES string of the molecule is CC1CCC1N1CCC(c2cccc3c2CCCN3C2CCC(=O)NC2=O)CC1. The molecule has 2 saturated heterocycles. The molecule has 1 aromatic rings. The summed E-state index contributed by atoms with van der Waals surface area (Å²) in [6.45, 7) is 5.75. The number of imide groups is 1. The van der Waals surface area contributed by atoms with Gasteiger partial charge >= 0.3 is 0 Å². The Morgan fingerprint density at radius 1 is 0.966 bits per heavy atom. The highest BCUT2D eigenvalue weighted by atomic mass is 16.2. The molecule has 1 N–H and O–H groups in total. The molecule has 1 saturated carbocycles. The first kappa shape index (κ1) is 19.1. The number of carbonyl (C=O) groups is 2. The molecule has 3 heterocycles. The number of hydrogen-bond acceptors (Lipinski definition) is 4. The molecule has 4 aliphatic rings. The van der Waals surface area contributed by atoms with Crippen molar-refractivity contribution in [1.29, 1.82) is 0 Å². The summed E-state index contributed by atoms with van der Waals surface area (Å²) < 4.78 is 0. The number of rotatable bonds is 3. The van der Waals surface area contributed by atoms with Crippen LogP contribution >= 0.6 is 0 Å². The lowest BCUT2D eigenvalue weighted by Crippen LogP contribution is -2.54. The zero-order valence-electron chi connectivity index (χ0n) is 17.5. The van der Waals surface area contributed by atoms with Crippen LogP contribution in [0.3, 0.4) is 0 Å². The summed E-state index contributed by atoms with van der Waals surface area (Å²) in [5.74, 6) is 1.25. The lowest BCUT2D eigenvalue weighted by atomic mass is 9.77. The minimum atomic E-state index is -0.205. The molecule has 3 aliphatic heterocycles. The fourth-order valence-corrected chi connectivity index (χ4v) is 6.10. The number of amides is 2. The fraction of sp³-hybridized carbons (Fsp3) is 0.667. The molecule has 3 atom stereocenters. The molecule has 5 nitrogen and oxygen atoms in total. The number of likely N-dealkylation sites (tertiary alicyclic amines) is 1. The van der Waals surface area contributed by atoms with E-state index in [1.807, 2.05) is 0 Å². The molecule has 1 aliphatic carbocycles. The molecule has 2 amide bonds. The van der Waals surface area contributed by atoms with Crippen molar-refractivity contribution in [3.63, 3.8) is 0 Å². The maximum absolute atomic E-state index is 12.5. The van der Waals surface area contributed by atoms with Crippen LogP contribution in [0.2, 0.25) is 0 Å². The molecule has 5 rings (SSSR count). The summed E-state index contributed by atoms with van der Waals surface area (Å²) in [4.78, 5) is 29.1. The predicted molar refractivity (Wildman–Crippen MR) is 114 cm³/mol. The molecular weight excluding hydrogens is 362 g/mol. The highest BCUT2D eigenvalue weighted by molar-refractivity contribution is 6.01. The third kappa shape index (κ3) is 3.48. The van der Waals surface area contributed by atoms with Crippen molar-refractivity contribution in [2.45, 2.75) is 76.3 Å². The van der Waals surface area contributed by atoms with E-state index in [9.17, 15) is 9.59 Å². The van der Waals surface area contributed by atoms with Gasteiger partial charge in [-0.15, -0.1) is 0 Å². The van der Waals surface area contributed by atoms with Crippen LogP contribution in [0.1, 0.15) is 68.9 Å². The molecule has 0 aromatic heterocycles. The van der Waals surface area contributed by atoms with Crippen molar-refractivity contribution in [3.05, 3.63) is 29.3 Å². The van der Waals surface area contributed by atoms with E-state index in [2.05, 4.69) is 40.2 Å². The Hall–Kier alpha value is -1.88. The summed E-state index contributed by atoms with van der Waals surface area (Å²) in [6, 6.07) is 7.32. The normalized spacial score (nSPS) is 31.2. The number of hydrogen-bond donors (Lipinski definition) is 1. The summed E-state index contributed by atoms with van der Waals surface area (Å²) in [5.41, 5.74) is 4.21. The van der Waals surface area contributed by atoms with E-state index >= 15 is 0 Å². The van der Waals surface area contributed by atoms with Gasteiger partial charge in [-0.1, -0.05) is 19.1 Å². The summed E-state index contributed by atoms with van der Waals surface area (Å²) in [5, 5.41) is 2.54. The Bertz CT molecular complexity index is 799. The van der Waals surface area contributed by atoms with Gasteiger partial charge in [0.25, 0.3) is 0 Å².